The van der Waals surface area contributed by atoms with E-state index in [4.69, 9.17) is 5.11 Å². The normalized spacial score (nSPS) is 9.86. The Hall–Kier alpha value is -0.870. The van der Waals surface area contributed by atoms with Gasteiger partial charge in [-0.3, -0.25) is 4.79 Å². The summed E-state index contributed by atoms with van der Waals surface area (Å²) in [5, 5.41) is 11.8. The van der Waals surface area contributed by atoms with Gasteiger partial charge in [0, 0.05) is 12.3 Å². The molecule has 0 aliphatic heterocycles. The van der Waals surface area contributed by atoms with Crippen LogP contribution in [0.25, 0.3) is 0 Å². The van der Waals surface area contributed by atoms with Crippen molar-refractivity contribution < 1.29 is 9.90 Å². The van der Waals surface area contributed by atoms with Crippen molar-refractivity contribution in [2.45, 2.75) is 6.42 Å². The molecule has 0 bridgehead atoms. The number of aliphatic hydroxyl groups is 1. The molecule has 3 nitrogen and oxygen atoms in total. The van der Waals surface area contributed by atoms with Crippen LogP contribution in [0.3, 0.4) is 0 Å². The summed E-state index contributed by atoms with van der Waals surface area (Å²) in [6.45, 7) is 0.121. The van der Waals surface area contributed by atoms with Crippen molar-refractivity contribution in [3.8, 4) is 0 Å². The van der Waals surface area contributed by atoms with Gasteiger partial charge in [0.05, 0.1) is 5.33 Å². The molecular formula is C10H12BrNO2. The summed E-state index contributed by atoms with van der Waals surface area (Å²) < 4.78 is 0. The number of carbonyl (C=O) groups excluding carboxylic acids is 1. The average molecular weight is 258 g/mol. The first-order valence-electron chi connectivity index (χ1n) is 4.32. The van der Waals surface area contributed by atoms with Crippen molar-refractivity contribution in [1.29, 1.82) is 0 Å². The predicted molar refractivity (Wildman–Crippen MR) is 59.7 cm³/mol. The topological polar surface area (TPSA) is 49.3 Å². The molecular weight excluding hydrogens is 246 g/mol. The summed E-state index contributed by atoms with van der Waals surface area (Å²) >= 11 is 3.07. The van der Waals surface area contributed by atoms with Gasteiger partial charge < -0.3 is 10.4 Å². The van der Waals surface area contributed by atoms with E-state index in [-0.39, 0.29) is 17.8 Å². The molecule has 0 atom stereocenters. The van der Waals surface area contributed by atoms with Gasteiger partial charge in [-0.25, -0.2) is 0 Å². The van der Waals surface area contributed by atoms with Gasteiger partial charge in [0.25, 0.3) is 0 Å². The van der Waals surface area contributed by atoms with Gasteiger partial charge in [-0.05, 0) is 24.1 Å². The van der Waals surface area contributed by atoms with Crippen LogP contribution in [-0.2, 0) is 11.2 Å². The molecule has 0 saturated heterocycles. The fraction of sp³-hybridized carbons (Fsp3) is 0.300. The Bertz CT molecular complexity index is 315. The maximum atomic E-state index is 11.0. The lowest BCUT2D eigenvalue weighted by Gasteiger charge is -2.04. The second-order valence-corrected chi connectivity index (χ2v) is 3.42. The van der Waals surface area contributed by atoms with Crippen LogP contribution in [0.1, 0.15) is 5.56 Å². The molecule has 0 unspecified atom stereocenters. The molecule has 0 fully saturated rings. The van der Waals surface area contributed by atoms with Crippen LogP contribution in [0.4, 0.5) is 5.69 Å². The van der Waals surface area contributed by atoms with Gasteiger partial charge in [-0.1, -0.05) is 28.1 Å². The van der Waals surface area contributed by atoms with Gasteiger partial charge in [0.15, 0.2) is 0 Å². The van der Waals surface area contributed by atoms with Crippen molar-refractivity contribution in [1.82, 2.24) is 0 Å². The van der Waals surface area contributed by atoms with Crippen LogP contribution in [0.15, 0.2) is 24.3 Å². The van der Waals surface area contributed by atoms with Crippen molar-refractivity contribution in [2.24, 2.45) is 0 Å². The highest BCUT2D eigenvalue weighted by molar-refractivity contribution is 9.09. The summed E-state index contributed by atoms with van der Waals surface area (Å²) in [5.41, 5.74) is 1.78. The summed E-state index contributed by atoms with van der Waals surface area (Å²) in [5.74, 6) is -0.0776. The Kier molecular flexibility index (Phi) is 4.62. The minimum atomic E-state index is -0.0776. The molecule has 14 heavy (non-hydrogen) atoms. The number of benzene rings is 1. The number of carbonyl (C=O) groups is 1. The third kappa shape index (κ3) is 3.47. The number of anilines is 1. The minimum Gasteiger partial charge on any atom is -0.396 e. The van der Waals surface area contributed by atoms with E-state index in [1.807, 2.05) is 24.3 Å². The highest BCUT2D eigenvalue weighted by Crippen LogP contribution is 2.11. The molecule has 2 N–H and O–H groups in total. The zero-order valence-corrected chi connectivity index (χ0v) is 9.25. The summed E-state index contributed by atoms with van der Waals surface area (Å²) in [6, 6.07) is 7.45. The van der Waals surface area contributed by atoms with Crippen LogP contribution < -0.4 is 5.32 Å². The first-order valence-corrected chi connectivity index (χ1v) is 5.44. The van der Waals surface area contributed by atoms with Gasteiger partial charge in [0.2, 0.25) is 5.91 Å². The van der Waals surface area contributed by atoms with Crippen LogP contribution in [0.2, 0.25) is 0 Å². The first-order chi connectivity index (χ1) is 6.76. The average Bonchev–Trinajstić information content (AvgIpc) is 2.19. The quantitative estimate of drug-likeness (QED) is 0.805. The molecule has 76 valence electrons. The van der Waals surface area contributed by atoms with Crippen molar-refractivity contribution in [2.75, 3.05) is 17.3 Å². The van der Waals surface area contributed by atoms with Crippen LogP contribution in [-0.4, -0.2) is 23.0 Å². The molecule has 0 heterocycles. The molecule has 0 spiro atoms. The third-order valence-electron chi connectivity index (χ3n) is 1.73. The number of aliphatic hydroxyl groups excluding tert-OH is 1. The Labute approximate surface area is 91.3 Å². The molecule has 0 aliphatic rings. The zero-order chi connectivity index (χ0) is 10.4. The van der Waals surface area contributed by atoms with Crippen LogP contribution >= 0.6 is 15.9 Å². The minimum absolute atomic E-state index is 0.0776. The summed E-state index contributed by atoms with van der Waals surface area (Å²) in [7, 11) is 0. The largest absolute Gasteiger partial charge is 0.396 e. The third-order valence-corrected chi connectivity index (χ3v) is 2.24. The molecule has 0 radical (unpaired) electrons. The fourth-order valence-corrected chi connectivity index (χ4v) is 1.27. The predicted octanol–water partition coefficient (Wildman–Crippen LogP) is 1.55. The maximum Gasteiger partial charge on any atom is 0.235 e. The van der Waals surface area contributed by atoms with E-state index >= 15 is 0 Å². The van der Waals surface area contributed by atoms with Crippen LogP contribution in [0, 0.1) is 0 Å². The maximum absolute atomic E-state index is 11.0. The lowest BCUT2D eigenvalue weighted by atomic mass is 10.1. The molecule has 0 aliphatic carbocycles. The fourth-order valence-electron chi connectivity index (χ4n) is 1.13. The van der Waals surface area contributed by atoms with E-state index in [9.17, 15) is 4.79 Å². The number of rotatable bonds is 4. The number of hydrogen-bond acceptors (Lipinski definition) is 2. The number of nitrogens with one attached hydrogen (secondary N) is 1. The van der Waals surface area contributed by atoms with Gasteiger partial charge in [-0.2, -0.15) is 0 Å². The van der Waals surface area contributed by atoms with E-state index in [1.54, 1.807) is 0 Å². The molecule has 1 rings (SSSR count). The Morgan fingerprint density at radius 1 is 1.50 bits per heavy atom. The molecule has 1 aromatic carbocycles. The standard InChI is InChI=1S/C10H12BrNO2/c11-7-10(14)12-9-3-1-2-8(6-9)4-5-13/h1-3,6,13H,4-5,7H2,(H,12,14). The number of alkyl halides is 1. The van der Waals surface area contributed by atoms with E-state index in [1.165, 1.54) is 0 Å². The second kappa shape index (κ2) is 5.78. The van der Waals surface area contributed by atoms with Gasteiger partial charge >= 0.3 is 0 Å². The Morgan fingerprint density at radius 3 is 2.93 bits per heavy atom. The van der Waals surface area contributed by atoms with Gasteiger partial charge in [-0.15, -0.1) is 0 Å². The van der Waals surface area contributed by atoms with E-state index in [0.717, 1.165) is 11.3 Å². The van der Waals surface area contributed by atoms with E-state index in [2.05, 4.69) is 21.2 Å². The summed E-state index contributed by atoms with van der Waals surface area (Å²) in [6.07, 6.45) is 0.609. The molecule has 1 aromatic rings. The highest BCUT2D eigenvalue weighted by Gasteiger charge is 2.00. The molecule has 1 amide bonds. The first kappa shape index (κ1) is 11.2. The number of amides is 1. The molecule has 0 aromatic heterocycles. The summed E-state index contributed by atoms with van der Waals surface area (Å²) in [4.78, 5) is 11.0. The van der Waals surface area contributed by atoms with E-state index < -0.39 is 0 Å². The monoisotopic (exact) mass is 257 g/mol. The van der Waals surface area contributed by atoms with Crippen molar-refractivity contribution in [3.05, 3.63) is 29.8 Å². The zero-order valence-electron chi connectivity index (χ0n) is 7.66. The second-order valence-electron chi connectivity index (χ2n) is 2.86. The Morgan fingerprint density at radius 2 is 2.29 bits per heavy atom. The van der Waals surface area contributed by atoms with Crippen molar-refractivity contribution >= 4 is 27.5 Å². The number of hydrogen-bond donors (Lipinski definition) is 2. The highest BCUT2D eigenvalue weighted by atomic mass is 79.9. The SMILES string of the molecule is O=C(CBr)Nc1cccc(CCO)c1. The van der Waals surface area contributed by atoms with Crippen molar-refractivity contribution in [3.63, 3.8) is 0 Å². The Balaban J connectivity index is 2.68. The van der Waals surface area contributed by atoms with E-state index in [0.29, 0.717) is 6.42 Å². The lowest BCUT2D eigenvalue weighted by Crippen LogP contribution is -2.12. The van der Waals surface area contributed by atoms with Gasteiger partial charge in [0.1, 0.15) is 0 Å². The smallest absolute Gasteiger partial charge is 0.235 e. The molecule has 4 heteroatoms. The molecule has 0 saturated carbocycles. The van der Waals surface area contributed by atoms with Crippen LogP contribution in [0.5, 0.6) is 0 Å². The lowest BCUT2D eigenvalue weighted by molar-refractivity contribution is -0.113. The number of halogens is 1.